The number of aryl methyl sites for hydroxylation is 1. The summed E-state index contributed by atoms with van der Waals surface area (Å²) in [4.78, 5) is 0. The Morgan fingerprint density at radius 2 is 2.14 bits per heavy atom. The molecule has 0 aliphatic carbocycles. The van der Waals surface area contributed by atoms with Gasteiger partial charge in [-0.2, -0.15) is 0 Å². The van der Waals surface area contributed by atoms with E-state index < -0.39 is 0 Å². The Kier molecular flexibility index (Phi) is 5.42. The number of hydrogen-bond acceptors (Lipinski definition) is 3. The molecule has 0 spiro atoms. The highest BCUT2D eigenvalue weighted by Gasteiger charge is 2.21. The van der Waals surface area contributed by atoms with Gasteiger partial charge < -0.3 is 14.5 Å². The molecule has 0 saturated carbocycles. The third-order valence-corrected chi connectivity index (χ3v) is 3.87. The minimum atomic E-state index is -0.340. The lowest BCUT2D eigenvalue weighted by Gasteiger charge is -2.20. The molecule has 1 atom stereocenters. The molecule has 0 aliphatic rings. The van der Waals surface area contributed by atoms with Crippen molar-refractivity contribution in [2.24, 2.45) is 0 Å². The Morgan fingerprint density at radius 3 is 2.71 bits per heavy atom. The zero-order valence-electron chi connectivity index (χ0n) is 12.4. The van der Waals surface area contributed by atoms with Crippen LogP contribution in [0.1, 0.15) is 36.3 Å². The monoisotopic (exact) mass is 355 g/mol. The predicted octanol–water partition coefficient (Wildman–Crippen LogP) is 4.59. The molecule has 0 radical (unpaired) electrons. The van der Waals surface area contributed by atoms with Crippen LogP contribution in [0.25, 0.3) is 0 Å². The van der Waals surface area contributed by atoms with E-state index in [9.17, 15) is 4.39 Å². The molecule has 1 unspecified atom stereocenters. The molecule has 0 aliphatic heterocycles. The Labute approximate surface area is 132 Å². The van der Waals surface area contributed by atoms with E-state index in [1.165, 1.54) is 6.07 Å². The first-order valence-electron chi connectivity index (χ1n) is 6.88. The van der Waals surface area contributed by atoms with Gasteiger partial charge in [0.25, 0.3) is 0 Å². The van der Waals surface area contributed by atoms with E-state index in [-0.39, 0.29) is 11.9 Å². The van der Waals surface area contributed by atoms with Crippen LogP contribution in [0.4, 0.5) is 4.39 Å². The van der Waals surface area contributed by atoms with E-state index in [1.54, 1.807) is 19.4 Å². The van der Waals surface area contributed by atoms with Crippen LogP contribution in [0.2, 0.25) is 0 Å². The molecule has 2 rings (SSSR count). The van der Waals surface area contributed by atoms with Gasteiger partial charge in [0.15, 0.2) is 0 Å². The zero-order valence-corrected chi connectivity index (χ0v) is 14.0. The summed E-state index contributed by atoms with van der Waals surface area (Å²) in [7, 11) is 1.55. The second-order valence-corrected chi connectivity index (χ2v) is 5.74. The summed E-state index contributed by atoms with van der Waals surface area (Å²) in [6.07, 6.45) is 2.72. The minimum Gasteiger partial charge on any atom is -0.496 e. The number of methoxy groups -OCH3 is 1. The second-order valence-electron chi connectivity index (χ2n) is 4.89. The number of ether oxygens (including phenoxy) is 1. The van der Waals surface area contributed by atoms with E-state index in [0.29, 0.717) is 10.2 Å². The third kappa shape index (κ3) is 3.66. The molecule has 2 aromatic rings. The lowest BCUT2D eigenvalue weighted by molar-refractivity contribution is 0.399. The Balaban J connectivity index is 2.47. The molecule has 1 aromatic heterocycles. The van der Waals surface area contributed by atoms with E-state index in [0.717, 1.165) is 29.9 Å². The molecule has 3 nitrogen and oxygen atoms in total. The summed E-state index contributed by atoms with van der Waals surface area (Å²) in [5.74, 6) is 1.02. The van der Waals surface area contributed by atoms with E-state index in [2.05, 4.69) is 28.2 Å². The number of furan rings is 1. The van der Waals surface area contributed by atoms with E-state index in [1.807, 2.05) is 13.0 Å². The fourth-order valence-electron chi connectivity index (χ4n) is 2.26. The van der Waals surface area contributed by atoms with Crippen LogP contribution in [-0.2, 0) is 0 Å². The minimum absolute atomic E-state index is 0.103. The number of hydrogen-bond donors (Lipinski definition) is 1. The average molecular weight is 356 g/mol. The predicted molar refractivity (Wildman–Crippen MR) is 84.2 cm³/mol. The maximum Gasteiger partial charge on any atom is 0.141 e. The van der Waals surface area contributed by atoms with Gasteiger partial charge >= 0.3 is 0 Å². The van der Waals surface area contributed by atoms with Crippen molar-refractivity contribution in [1.29, 1.82) is 0 Å². The quantitative estimate of drug-likeness (QED) is 0.822. The van der Waals surface area contributed by atoms with Gasteiger partial charge in [-0.3, -0.25) is 0 Å². The molecule has 1 aromatic carbocycles. The molecule has 0 fully saturated rings. The van der Waals surface area contributed by atoms with Gasteiger partial charge in [0, 0.05) is 17.2 Å². The summed E-state index contributed by atoms with van der Waals surface area (Å²) in [5.41, 5.74) is 1.87. The second kappa shape index (κ2) is 7.09. The van der Waals surface area contributed by atoms with Crippen molar-refractivity contribution in [3.8, 4) is 5.75 Å². The van der Waals surface area contributed by atoms with Crippen molar-refractivity contribution in [2.75, 3.05) is 13.7 Å². The number of halogens is 2. The van der Waals surface area contributed by atoms with Gasteiger partial charge in [0.05, 0.1) is 23.9 Å². The van der Waals surface area contributed by atoms with Crippen molar-refractivity contribution in [2.45, 2.75) is 26.3 Å². The Morgan fingerprint density at radius 1 is 1.38 bits per heavy atom. The molecule has 0 saturated heterocycles. The van der Waals surface area contributed by atoms with Crippen LogP contribution >= 0.6 is 15.9 Å². The van der Waals surface area contributed by atoms with Gasteiger partial charge in [0.1, 0.15) is 17.3 Å². The van der Waals surface area contributed by atoms with Crippen LogP contribution in [-0.4, -0.2) is 13.7 Å². The normalized spacial score (nSPS) is 12.4. The topological polar surface area (TPSA) is 34.4 Å². The first-order valence-corrected chi connectivity index (χ1v) is 7.67. The highest BCUT2D eigenvalue weighted by Crippen LogP contribution is 2.34. The summed E-state index contributed by atoms with van der Waals surface area (Å²) in [6.45, 7) is 4.84. The van der Waals surface area contributed by atoms with Gasteiger partial charge in [-0.05, 0) is 48.0 Å². The van der Waals surface area contributed by atoms with Crippen LogP contribution < -0.4 is 10.1 Å². The molecule has 0 bridgehead atoms. The summed E-state index contributed by atoms with van der Waals surface area (Å²) >= 11 is 3.24. The average Bonchev–Trinajstić information content (AvgIpc) is 2.89. The van der Waals surface area contributed by atoms with Crippen LogP contribution in [0, 0.1) is 12.7 Å². The van der Waals surface area contributed by atoms with Crippen molar-refractivity contribution < 1.29 is 13.5 Å². The maximum absolute atomic E-state index is 13.7. The fourth-order valence-corrected chi connectivity index (χ4v) is 2.62. The fraction of sp³-hybridized carbons (Fsp3) is 0.375. The molecule has 1 N–H and O–H groups in total. The SMILES string of the molecule is CCCNC(c1coc(C)c1)c1cc(Br)c(F)cc1OC. The third-order valence-electron chi connectivity index (χ3n) is 3.27. The molecule has 114 valence electrons. The highest BCUT2D eigenvalue weighted by atomic mass is 79.9. The lowest BCUT2D eigenvalue weighted by atomic mass is 9.99. The maximum atomic E-state index is 13.7. The first kappa shape index (κ1) is 16.0. The van der Waals surface area contributed by atoms with Crippen molar-refractivity contribution in [1.82, 2.24) is 5.32 Å². The number of benzene rings is 1. The van der Waals surface area contributed by atoms with Gasteiger partial charge in [0.2, 0.25) is 0 Å². The van der Waals surface area contributed by atoms with Crippen LogP contribution in [0.15, 0.2) is 33.4 Å². The number of rotatable bonds is 6. The van der Waals surface area contributed by atoms with Crippen molar-refractivity contribution in [3.63, 3.8) is 0 Å². The largest absolute Gasteiger partial charge is 0.496 e. The van der Waals surface area contributed by atoms with Gasteiger partial charge in [-0.1, -0.05) is 6.92 Å². The summed E-state index contributed by atoms with van der Waals surface area (Å²) in [5, 5.41) is 3.45. The van der Waals surface area contributed by atoms with Crippen molar-refractivity contribution in [3.05, 3.63) is 51.6 Å². The lowest BCUT2D eigenvalue weighted by Crippen LogP contribution is -2.23. The molecule has 0 amide bonds. The molecular formula is C16H19BrFNO2. The molecule has 1 heterocycles. The molecular weight excluding hydrogens is 337 g/mol. The molecule has 21 heavy (non-hydrogen) atoms. The van der Waals surface area contributed by atoms with Crippen molar-refractivity contribution >= 4 is 15.9 Å². The van der Waals surface area contributed by atoms with E-state index in [4.69, 9.17) is 9.15 Å². The standard InChI is InChI=1S/C16H19BrFNO2/c1-4-5-19-16(11-6-10(2)21-9-11)12-7-13(17)14(18)8-15(12)20-3/h6-9,16,19H,4-5H2,1-3H3. The number of nitrogens with one attached hydrogen (secondary N) is 1. The van der Waals surface area contributed by atoms with Gasteiger partial charge in [-0.15, -0.1) is 0 Å². The Bertz CT molecular complexity index is 612. The first-order chi connectivity index (χ1) is 10.1. The highest BCUT2D eigenvalue weighted by molar-refractivity contribution is 9.10. The zero-order chi connectivity index (χ0) is 15.4. The van der Waals surface area contributed by atoms with Crippen LogP contribution in [0.3, 0.4) is 0 Å². The molecule has 5 heteroatoms. The van der Waals surface area contributed by atoms with Gasteiger partial charge in [-0.25, -0.2) is 4.39 Å². The van der Waals surface area contributed by atoms with Crippen LogP contribution in [0.5, 0.6) is 5.75 Å². The summed E-state index contributed by atoms with van der Waals surface area (Å²) in [6, 6.07) is 5.02. The summed E-state index contributed by atoms with van der Waals surface area (Å²) < 4.78 is 24.9. The van der Waals surface area contributed by atoms with E-state index >= 15 is 0 Å². The Hall–Kier alpha value is -1.33. The smallest absolute Gasteiger partial charge is 0.141 e.